The normalized spacial score (nSPS) is 34.9. The van der Waals surface area contributed by atoms with Gasteiger partial charge in [-0.25, -0.2) is 0 Å². The molecule has 5 heteroatoms. The molecule has 1 saturated carbocycles. The van der Waals surface area contributed by atoms with E-state index in [-0.39, 0.29) is 12.0 Å². The van der Waals surface area contributed by atoms with Crippen LogP contribution < -0.4 is 10.6 Å². The molecule has 0 aromatic heterocycles. The van der Waals surface area contributed by atoms with Gasteiger partial charge in [-0.2, -0.15) is 0 Å². The van der Waals surface area contributed by atoms with Crippen LogP contribution in [0.15, 0.2) is 0 Å². The third-order valence-electron chi connectivity index (χ3n) is 4.28. The van der Waals surface area contributed by atoms with E-state index < -0.39 is 11.6 Å². The highest BCUT2D eigenvalue weighted by Gasteiger charge is 2.41. The first-order chi connectivity index (χ1) is 8.43. The van der Waals surface area contributed by atoms with Gasteiger partial charge in [-0.05, 0) is 18.8 Å². The topological polar surface area (TPSA) is 81.6 Å². The lowest BCUT2D eigenvalue weighted by Crippen LogP contribution is -2.70. The fourth-order valence-electron chi connectivity index (χ4n) is 3.17. The summed E-state index contributed by atoms with van der Waals surface area (Å²) in [6.07, 6.45) is 4.00. The Morgan fingerprint density at radius 1 is 1.50 bits per heavy atom. The zero-order valence-corrected chi connectivity index (χ0v) is 11.0. The van der Waals surface area contributed by atoms with Crippen molar-refractivity contribution in [1.29, 1.82) is 0 Å². The van der Waals surface area contributed by atoms with Crippen LogP contribution in [0.1, 0.15) is 39.0 Å². The van der Waals surface area contributed by atoms with E-state index in [4.69, 9.17) is 5.11 Å². The van der Waals surface area contributed by atoms with Gasteiger partial charge in [-0.1, -0.05) is 19.8 Å². The van der Waals surface area contributed by atoms with Crippen LogP contribution in [0, 0.1) is 5.92 Å². The van der Waals surface area contributed by atoms with E-state index in [0.717, 1.165) is 19.3 Å². The first-order valence-electron chi connectivity index (χ1n) is 6.83. The molecule has 1 aliphatic heterocycles. The van der Waals surface area contributed by atoms with E-state index in [1.165, 1.54) is 6.42 Å². The summed E-state index contributed by atoms with van der Waals surface area (Å²) in [6, 6.07) is 0. The Bertz CT molecular complexity index is 317. The predicted octanol–water partition coefficient (Wildman–Crippen LogP) is 0.334. The van der Waals surface area contributed by atoms with Crippen molar-refractivity contribution in [2.45, 2.75) is 50.2 Å². The number of rotatable bonds is 5. The van der Waals surface area contributed by atoms with Crippen molar-refractivity contribution >= 4 is 5.97 Å². The molecule has 1 saturated heterocycles. The largest absolute Gasteiger partial charge is 0.481 e. The average Bonchev–Trinajstić information content (AvgIpc) is 2.21. The second-order valence-electron chi connectivity index (χ2n) is 6.23. The number of hydrogen-bond acceptors (Lipinski definition) is 4. The van der Waals surface area contributed by atoms with Crippen LogP contribution in [0.4, 0.5) is 0 Å². The summed E-state index contributed by atoms with van der Waals surface area (Å²) in [7, 11) is 0. The highest BCUT2D eigenvalue weighted by atomic mass is 16.4. The van der Waals surface area contributed by atoms with Crippen molar-refractivity contribution in [2.75, 3.05) is 19.6 Å². The number of carboxylic acid groups (broad SMARTS) is 1. The lowest BCUT2D eigenvalue weighted by molar-refractivity contribution is -0.139. The molecule has 2 fully saturated rings. The highest BCUT2D eigenvalue weighted by molar-refractivity contribution is 5.68. The molecule has 4 N–H and O–H groups in total. The van der Waals surface area contributed by atoms with E-state index in [1.54, 1.807) is 0 Å². The van der Waals surface area contributed by atoms with Crippen LogP contribution in [-0.4, -0.2) is 47.0 Å². The molecule has 0 spiro atoms. The summed E-state index contributed by atoms with van der Waals surface area (Å²) in [5.41, 5.74) is -1.01. The maximum atomic E-state index is 10.9. The fourth-order valence-corrected chi connectivity index (χ4v) is 3.17. The molecule has 1 aliphatic carbocycles. The maximum Gasteiger partial charge on any atom is 0.305 e. The summed E-state index contributed by atoms with van der Waals surface area (Å²) in [5, 5.41) is 25.9. The fraction of sp³-hybridized carbons (Fsp3) is 0.923. The maximum absolute atomic E-state index is 10.9. The van der Waals surface area contributed by atoms with Crippen LogP contribution in [0.25, 0.3) is 0 Å². The Labute approximate surface area is 108 Å². The number of carbonyl (C=O) groups is 1. The van der Waals surface area contributed by atoms with Gasteiger partial charge in [0.2, 0.25) is 0 Å². The molecule has 104 valence electrons. The molecular weight excluding hydrogens is 232 g/mol. The van der Waals surface area contributed by atoms with Crippen molar-refractivity contribution < 1.29 is 15.0 Å². The Kier molecular flexibility index (Phi) is 3.94. The van der Waals surface area contributed by atoms with Gasteiger partial charge in [-0.3, -0.25) is 4.79 Å². The Hall–Kier alpha value is -0.650. The summed E-state index contributed by atoms with van der Waals surface area (Å²) in [4.78, 5) is 10.9. The Morgan fingerprint density at radius 2 is 2.22 bits per heavy atom. The number of carboxylic acids is 1. The van der Waals surface area contributed by atoms with E-state index in [9.17, 15) is 9.90 Å². The molecule has 2 unspecified atom stereocenters. The SMILES string of the molecule is CC1CCCC(O)(CNC2(CC(=O)O)CNC2)C1. The minimum atomic E-state index is -0.784. The summed E-state index contributed by atoms with van der Waals surface area (Å²) < 4.78 is 0. The quantitative estimate of drug-likeness (QED) is 0.570. The van der Waals surface area contributed by atoms with Gasteiger partial charge in [0.15, 0.2) is 0 Å². The van der Waals surface area contributed by atoms with Crippen LogP contribution >= 0.6 is 0 Å². The predicted molar refractivity (Wildman–Crippen MR) is 68.4 cm³/mol. The van der Waals surface area contributed by atoms with Crippen molar-refractivity contribution in [3.05, 3.63) is 0 Å². The average molecular weight is 256 g/mol. The van der Waals surface area contributed by atoms with Gasteiger partial charge < -0.3 is 20.8 Å². The number of nitrogens with one attached hydrogen (secondary N) is 2. The molecule has 0 amide bonds. The zero-order valence-electron chi connectivity index (χ0n) is 11.0. The monoisotopic (exact) mass is 256 g/mol. The van der Waals surface area contributed by atoms with Crippen molar-refractivity contribution in [3.63, 3.8) is 0 Å². The summed E-state index contributed by atoms with van der Waals surface area (Å²) >= 11 is 0. The smallest absolute Gasteiger partial charge is 0.305 e. The Balaban J connectivity index is 1.87. The van der Waals surface area contributed by atoms with E-state index in [0.29, 0.717) is 25.6 Å². The number of β-amino-alcohol motifs (C(OH)–C–C–N with tert-alkyl or cyclic N) is 1. The highest BCUT2D eigenvalue weighted by Crippen LogP contribution is 2.32. The first kappa shape index (κ1) is 13.8. The molecule has 2 rings (SSSR count). The number of hydrogen-bond donors (Lipinski definition) is 4. The molecular formula is C13H24N2O3. The molecule has 1 heterocycles. The van der Waals surface area contributed by atoms with Gasteiger partial charge >= 0.3 is 5.97 Å². The molecule has 0 aromatic rings. The lowest BCUT2D eigenvalue weighted by Gasteiger charge is -2.45. The second kappa shape index (κ2) is 5.15. The summed E-state index contributed by atoms with van der Waals surface area (Å²) in [6.45, 7) is 4.02. The number of aliphatic carboxylic acids is 1. The second-order valence-corrected chi connectivity index (χ2v) is 6.23. The molecule has 0 radical (unpaired) electrons. The van der Waals surface area contributed by atoms with E-state index >= 15 is 0 Å². The molecule has 5 nitrogen and oxygen atoms in total. The van der Waals surface area contributed by atoms with Crippen LogP contribution in [-0.2, 0) is 4.79 Å². The standard InChI is InChI=1S/C13H24N2O3/c1-10-3-2-4-13(18,5-10)9-15-12(6-11(16)17)7-14-8-12/h10,14-15,18H,2-9H2,1H3,(H,16,17). The summed E-state index contributed by atoms with van der Waals surface area (Å²) in [5.74, 6) is -0.228. The number of aliphatic hydroxyl groups is 1. The minimum absolute atomic E-state index is 0.117. The molecule has 0 aromatic carbocycles. The van der Waals surface area contributed by atoms with Crippen LogP contribution in [0.3, 0.4) is 0 Å². The van der Waals surface area contributed by atoms with Crippen molar-refractivity contribution in [1.82, 2.24) is 10.6 Å². The first-order valence-corrected chi connectivity index (χ1v) is 6.83. The van der Waals surface area contributed by atoms with Gasteiger partial charge in [0.05, 0.1) is 17.6 Å². The van der Waals surface area contributed by atoms with Crippen LogP contribution in [0.2, 0.25) is 0 Å². The Morgan fingerprint density at radius 3 is 2.72 bits per heavy atom. The van der Waals surface area contributed by atoms with Gasteiger partial charge in [0, 0.05) is 19.6 Å². The molecule has 18 heavy (non-hydrogen) atoms. The third-order valence-corrected chi connectivity index (χ3v) is 4.28. The molecule has 0 bridgehead atoms. The minimum Gasteiger partial charge on any atom is -0.481 e. The lowest BCUT2D eigenvalue weighted by atomic mass is 9.78. The van der Waals surface area contributed by atoms with Gasteiger partial charge in [0.25, 0.3) is 0 Å². The zero-order chi connectivity index (χ0) is 13.2. The van der Waals surface area contributed by atoms with Crippen molar-refractivity contribution in [3.8, 4) is 0 Å². The van der Waals surface area contributed by atoms with E-state index in [2.05, 4.69) is 17.6 Å². The molecule has 2 atom stereocenters. The van der Waals surface area contributed by atoms with Crippen LogP contribution in [0.5, 0.6) is 0 Å². The van der Waals surface area contributed by atoms with E-state index in [1.807, 2.05) is 0 Å². The van der Waals surface area contributed by atoms with Gasteiger partial charge in [0.1, 0.15) is 0 Å². The third kappa shape index (κ3) is 3.22. The molecule has 2 aliphatic rings. The van der Waals surface area contributed by atoms with Gasteiger partial charge in [-0.15, -0.1) is 0 Å². The van der Waals surface area contributed by atoms with Crippen molar-refractivity contribution in [2.24, 2.45) is 5.92 Å².